The highest BCUT2D eigenvalue weighted by molar-refractivity contribution is 9.10. The molecule has 1 aromatic rings. The number of halogens is 1. The molecule has 0 aromatic heterocycles. The quantitative estimate of drug-likeness (QED) is 0.804. The third-order valence-electron chi connectivity index (χ3n) is 1.90. The van der Waals surface area contributed by atoms with Crippen molar-refractivity contribution in [1.29, 1.82) is 0 Å². The molecule has 0 fully saturated rings. The zero-order valence-electron chi connectivity index (χ0n) is 8.43. The molecule has 0 N–H and O–H groups in total. The topological polar surface area (TPSA) is 17.1 Å². The van der Waals surface area contributed by atoms with Gasteiger partial charge >= 0.3 is 0 Å². The highest BCUT2D eigenvalue weighted by atomic mass is 79.9. The number of allylic oxidation sites excluding steroid dienone is 1. The lowest BCUT2D eigenvalue weighted by atomic mass is 10.0. The van der Waals surface area contributed by atoms with E-state index in [0.29, 0.717) is 6.42 Å². The second kappa shape index (κ2) is 4.56. The molecule has 0 saturated carbocycles. The van der Waals surface area contributed by atoms with Gasteiger partial charge in [-0.3, -0.25) is 4.79 Å². The predicted octanol–water partition coefficient (Wildman–Crippen LogP) is 3.61. The van der Waals surface area contributed by atoms with Crippen molar-refractivity contribution in [2.45, 2.75) is 20.3 Å². The predicted molar refractivity (Wildman–Crippen MR) is 63.2 cm³/mol. The monoisotopic (exact) mass is 252 g/mol. The van der Waals surface area contributed by atoms with Gasteiger partial charge in [0.15, 0.2) is 0 Å². The molecule has 14 heavy (non-hydrogen) atoms. The van der Waals surface area contributed by atoms with Gasteiger partial charge < -0.3 is 0 Å². The summed E-state index contributed by atoms with van der Waals surface area (Å²) >= 11 is 3.42. The van der Waals surface area contributed by atoms with Crippen LogP contribution >= 0.6 is 15.9 Å². The molecule has 0 atom stereocenters. The van der Waals surface area contributed by atoms with Crippen LogP contribution in [-0.4, -0.2) is 5.78 Å². The second-order valence-electron chi connectivity index (χ2n) is 3.51. The second-order valence-corrected chi connectivity index (χ2v) is 4.42. The van der Waals surface area contributed by atoms with Gasteiger partial charge in [-0.1, -0.05) is 34.1 Å². The molecule has 0 aliphatic heterocycles. The molecule has 0 aliphatic rings. The number of benzene rings is 1. The molecule has 0 unspecified atom stereocenters. The zero-order chi connectivity index (χ0) is 10.7. The Kier molecular flexibility index (Phi) is 3.64. The van der Waals surface area contributed by atoms with Crippen LogP contribution in [0.1, 0.15) is 25.0 Å². The Morgan fingerprint density at radius 1 is 1.36 bits per heavy atom. The first-order chi connectivity index (χ1) is 6.49. The molecule has 0 heterocycles. The van der Waals surface area contributed by atoms with Crippen LogP contribution in [0, 0.1) is 0 Å². The van der Waals surface area contributed by atoms with Crippen LogP contribution in [-0.2, 0) is 11.2 Å². The fourth-order valence-electron chi connectivity index (χ4n) is 1.29. The Morgan fingerprint density at radius 2 is 2.00 bits per heavy atom. The summed E-state index contributed by atoms with van der Waals surface area (Å²) in [5, 5.41) is 0. The summed E-state index contributed by atoms with van der Waals surface area (Å²) in [4.78, 5) is 11.0. The average Bonchev–Trinajstić information content (AvgIpc) is 2.01. The molecule has 1 nitrogen and oxygen atoms in total. The van der Waals surface area contributed by atoms with Gasteiger partial charge in [0.25, 0.3) is 0 Å². The molecular weight excluding hydrogens is 240 g/mol. The van der Waals surface area contributed by atoms with E-state index in [1.165, 1.54) is 0 Å². The lowest BCUT2D eigenvalue weighted by Crippen LogP contribution is -1.97. The van der Waals surface area contributed by atoms with Crippen molar-refractivity contribution in [3.63, 3.8) is 0 Å². The number of rotatable bonds is 3. The Morgan fingerprint density at radius 3 is 2.50 bits per heavy atom. The van der Waals surface area contributed by atoms with E-state index in [0.717, 1.165) is 21.2 Å². The largest absolute Gasteiger partial charge is 0.300 e. The molecular formula is C12H13BrO. The van der Waals surface area contributed by atoms with Crippen LogP contribution in [0.2, 0.25) is 0 Å². The number of Topliss-reactive ketones (excluding diaryl/α,β-unsaturated/α-hetero) is 1. The third-order valence-corrected chi connectivity index (χ3v) is 2.36. The fraction of sp³-hybridized carbons (Fsp3) is 0.250. The molecule has 0 radical (unpaired) electrons. The first-order valence-corrected chi connectivity index (χ1v) is 5.23. The van der Waals surface area contributed by atoms with Gasteiger partial charge in [-0.25, -0.2) is 0 Å². The van der Waals surface area contributed by atoms with E-state index in [4.69, 9.17) is 0 Å². The summed E-state index contributed by atoms with van der Waals surface area (Å²) in [5.41, 5.74) is 3.12. The van der Waals surface area contributed by atoms with Gasteiger partial charge in [0.1, 0.15) is 5.78 Å². The third kappa shape index (κ3) is 3.11. The van der Waals surface area contributed by atoms with Crippen LogP contribution in [0.3, 0.4) is 0 Å². The maximum atomic E-state index is 11.0. The Hall–Kier alpha value is -0.890. The molecule has 0 saturated heterocycles. The van der Waals surface area contributed by atoms with E-state index >= 15 is 0 Å². The van der Waals surface area contributed by atoms with E-state index in [2.05, 4.69) is 22.5 Å². The standard InChI is InChI=1S/C12H13BrO/c1-8(2)11-5-10(4-9(3)14)6-12(13)7-11/h5-7H,1,4H2,2-3H3. The smallest absolute Gasteiger partial charge is 0.134 e. The number of hydrogen-bond acceptors (Lipinski definition) is 1. The molecule has 0 bridgehead atoms. The van der Waals surface area contributed by atoms with Gasteiger partial charge in [-0.15, -0.1) is 0 Å². The van der Waals surface area contributed by atoms with Crippen molar-refractivity contribution in [3.8, 4) is 0 Å². The maximum Gasteiger partial charge on any atom is 0.134 e. The number of carbonyl (C=O) groups is 1. The fourth-order valence-corrected chi connectivity index (χ4v) is 1.83. The molecule has 0 aliphatic carbocycles. The summed E-state index contributed by atoms with van der Waals surface area (Å²) in [6, 6.07) is 5.98. The lowest BCUT2D eigenvalue weighted by molar-refractivity contribution is -0.116. The summed E-state index contributed by atoms with van der Waals surface area (Å²) in [7, 11) is 0. The normalized spacial score (nSPS) is 9.93. The SMILES string of the molecule is C=C(C)c1cc(Br)cc(CC(C)=O)c1. The number of hydrogen-bond donors (Lipinski definition) is 0. The van der Waals surface area contributed by atoms with Gasteiger partial charge in [-0.05, 0) is 37.1 Å². The van der Waals surface area contributed by atoms with Crippen LogP contribution in [0.15, 0.2) is 29.3 Å². The summed E-state index contributed by atoms with van der Waals surface area (Å²) in [6.45, 7) is 7.44. The van der Waals surface area contributed by atoms with E-state index in [9.17, 15) is 4.79 Å². The van der Waals surface area contributed by atoms with E-state index in [1.54, 1.807) is 6.92 Å². The molecule has 2 heteroatoms. The average molecular weight is 253 g/mol. The van der Waals surface area contributed by atoms with Crippen LogP contribution in [0.5, 0.6) is 0 Å². The molecule has 1 rings (SSSR count). The van der Waals surface area contributed by atoms with Crippen LogP contribution in [0.4, 0.5) is 0 Å². The van der Waals surface area contributed by atoms with Gasteiger partial charge in [0.2, 0.25) is 0 Å². The molecule has 1 aromatic carbocycles. The van der Waals surface area contributed by atoms with E-state index < -0.39 is 0 Å². The number of ketones is 1. The highest BCUT2D eigenvalue weighted by Crippen LogP contribution is 2.21. The summed E-state index contributed by atoms with van der Waals surface area (Å²) < 4.78 is 0.995. The van der Waals surface area contributed by atoms with Crippen molar-refractivity contribution in [2.24, 2.45) is 0 Å². The van der Waals surface area contributed by atoms with Crippen LogP contribution < -0.4 is 0 Å². The van der Waals surface area contributed by atoms with Crippen molar-refractivity contribution < 1.29 is 4.79 Å². The van der Waals surface area contributed by atoms with Gasteiger partial charge in [0.05, 0.1) is 0 Å². The van der Waals surface area contributed by atoms with Crippen LogP contribution in [0.25, 0.3) is 5.57 Å². The molecule has 0 spiro atoms. The zero-order valence-corrected chi connectivity index (χ0v) is 10.0. The first-order valence-electron chi connectivity index (χ1n) is 4.44. The summed E-state index contributed by atoms with van der Waals surface area (Å²) in [5.74, 6) is 0.177. The van der Waals surface area contributed by atoms with E-state index in [1.807, 2.05) is 25.1 Å². The minimum absolute atomic E-state index is 0.177. The minimum atomic E-state index is 0.177. The maximum absolute atomic E-state index is 11.0. The van der Waals surface area contributed by atoms with Gasteiger partial charge in [-0.2, -0.15) is 0 Å². The van der Waals surface area contributed by atoms with Crippen molar-refractivity contribution in [3.05, 3.63) is 40.4 Å². The number of carbonyl (C=O) groups excluding carboxylic acids is 1. The molecule has 74 valence electrons. The Bertz CT molecular complexity index is 380. The van der Waals surface area contributed by atoms with E-state index in [-0.39, 0.29) is 5.78 Å². The summed E-state index contributed by atoms with van der Waals surface area (Å²) in [6.07, 6.45) is 0.486. The Balaban J connectivity index is 3.07. The minimum Gasteiger partial charge on any atom is -0.300 e. The first kappa shape index (κ1) is 11.2. The van der Waals surface area contributed by atoms with Crippen molar-refractivity contribution >= 4 is 27.3 Å². The van der Waals surface area contributed by atoms with Crippen molar-refractivity contribution in [1.82, 2.24) is 0 Å². The van der Waals surface area contributed by atoms with Crippen molar-refractivity contribution in [2.75, 3.05) is 0 Å². The molecule has 0 amide bonds. The van der Waals surface area contributed by atoms with Gasteiger partial charge in [0, 0.05) is 10.9 Å². The lowest BCUT2D eigenvalue weighted by Gasteiger charge is -2.05. The highest BCUT2D eigenvalue weighted by Gasteiger charge is 2.02. The Labute approximate surface area is 93.0 Å².